The molecule has 0 N–H and O–H groups in total. The number of rotatable bonds is 3. The van der Waals surface area contributed by atoms with Gasteiger partial charge in [-0.15, -0.1) is 0 Å². The first kappa shape index (κ1) is 24.8. The van der Waals surface area contributed by atoms with E-state index < -0.39 is 0 Å². The van der Waals surface area contributed by atoms with Crippen LogP contribution in [0.5, 0.6) is 0 Å². The highest BCUT2D eigenvalue weighted by atomic mass is 15.2. The van der Waals surface area contributed by atoms with Gasteiger partial charge in [-0.25, -0.2) is 9.97 Å². The molecule has 42 heavy (non-hydrogen) atoms. The van der Waals surface area contributed by atoms with Crippen LogP contribution in [0.25, 0.3) is 61.4 Å². The molecule has 0 unspecified atom stereocenters. The Kier molecular flexibility index (Phi) is 5.96. The molecule has 0 fully saturated rings. The van der Waals surface area contributed by atoms with Crippen molar-refractivity contribution in [2.75, 3.05) is 0 Å². The van der Waals surface area contributed by atoms with Crippen molar-refractivity contribution in [3.8, 4) is 39.6 Å². The third-order valence-electron chi connectivity index (χ3n) is 8.41. The Labute approximate surface area is 248 Å². The highest BCUT2D eigenvalue weighted by molar-refractivity contribution is 6.12. The van der Waals surface area contributed by atoms with E-state index in [4.69, 9.17) is 11.3 Å². The molecular weight excluding hydrogens is 510 g/mol. The lowest BCUT2D eigenvalue weighted by atomic mass is 9.81. The van der Waals surface area contributed by atoms with E-state index in [-0.39, 0.29) is 5.41 Å². The second kappa shape index (κ2) is 10.1. The van der Waals surface area contributed by atoms with Gasteiger partial charge in [0.25, 0.3) is 0 Å². The van der Waals surface area contributed by atoms with Gasteiger partial charge in [0.2, 0.25) is 5.95 Å². The number of nitrogens with zero attached hydrogens (tertiary/aromatic N) is 3. The molecule has 2 aromatic heterocycles. The van der Waals surface area contributed by atoms with Crippen LogP contribution in [0.2, 0.25) is 0 Å². The van der Waals surface area contributed by atoms with Crippen molar-refractivity contribution in [2.24, 2.45) is 0 Å². The van der Waals surface area contributed by atoms with Gasteiger partial charge >= 0.3 is 0 Å². The summed E-state index contributed by atoms with van der Waals surface area (Å²) in [5.74, 6) is 0.687. The van der Waals surface area contributed by atoms with Crippen molar-refractivity contribution < 1.29 is 1.37 Å². The summed E-state index contributed by atoms with van der Waals surface area (Å²) >= 11 is 0. The molecule has 0 radical (unpaired) electrons. The second-order valence-electron chi connectivity index (χ2n) is 11.1. The Balaban J connectivity index is 0.000000963. The topological polar surface area (TPSA) is 30.7 Å². The zero-order valence-corrected chi connectivity index (χ0v) is 24.2. The van der Waals surface area contributed by atoms with Crippen molar-refractivity contribution in [3.05, 3.63) is 139 Å². The summed E-state index contributed by atoms with van der Waals surface area (Å²) in [5, 5.41) is 2.44. The summed E-state index contributed by atoms with van der Waals surface area (Å²) < 4.78 is 8.51. The molecule has 8 rings (SSSR count). The number of hydrogen-bond donors (Lipinski definition) is 0. The molecule has 0 saturated carbocycles. The van der Waals surface area contributed by atoms with Crippen molar-refractivity contribution in [1.29, 1.82) is 0 Å². The zero-order valence-electron chi connectivity index (χ0n) is 25.2. The highest BCUT2D eigenvalue weighted by Gasteiger charge is 2.38. The van der Waals surface area contributed by atoms with Crippen molar-refractivity contribution in [2.45, 2.75) is 33.1 Å². The first-order valence-corrected chi connectivity index (χ1v) is 14.5. The number of fused-ring (bicyclic) bond motifs is 7. The lowest BCUT2D eigenvalue weighted by Gasteiger charge is -2.23. The summed E-state index contributed by atoms with van der Waals surface area (Å²) in [7, 11) is 0. The molecule has 0 bridgehead atoms. The molecule has 0 spiro atoms. The lowest BCUT2D eigenvalue weighted by molar-refractivity contribution is 0.663. The maximum atomic E-state index is 6.21. The van der Waals surface area contributed by atoms with Crippen LogP contribution in [0.1, 0.15) is 40.2 Å². The van der Waals surface area contributed by atoms with Crippen molar-refractivity contribution in [1.82, 2.24) is 14.5 Å². The average Bonchev–Trinajstić information content (AvgIpc) is 3.51. The van der Waals surface area contributed by atoms with E-state index in [1.54, 1.807) is 6.92 Å². The van der Waals surface area contributed by atoms with Crippen LogP contribution in [0.3, 0.4) is 0 Å². The highest BCUT2D eigenvalue weighted by Crippen LogP contribution is 2.52. The van der Waals surface area contributed by atoms with Crippen LogP contribution in [0, 0.1) is 0 Å². The molecule has 7 aromatic rings. The van der Waals surface area contributed by atoms with Crippen LogP contribution in [-0.4, -0.2) is 14.5 Å². The van der Waals surface area contributed by atoms with E-state index in [1.807, 2.05) is 12.1 Å². The average molecular weight is 546 g/mol. The molecule has 2 heterocycles. The van der Waals surface area contributed by atoms with E-state index in [0.29, 0.717) is 12.8 Å². The number of aromatic nitrogens is 3. The first-order chi connectivity index (χ1) is 21.0. The fourth-order valence-electron chi connectivity index (χ4n) is 6.57. The fourth-order valence-corrected chi connectivity index (χ4v) is 6.57. The van der Waals surface area contributed by atoms with Crippen LogP contribution >= 0.6 is 0 Å². The minimum absolute atomic E-state index is 0.170. The standard InChI is InChI=1S/C37H27N3.C2H6/c1-37(2)30-19-11-9-17-26(30)28-21-22-29-27-18-10-12-20-33(27)40(35(29)34(28)37)36-38-31(24-13-5-3-6-14-24)23-32(39-36)25-15-7-4-8-16-25;1-2/h3-23H,1-2H3;1-2H3/i;1T. The Morgan fingerprint density at radius 1 is 0.619 bits per heavy atom. The smallest absolute Gasteiger partial charge is 0.235 e. The first-order valence-electron chi connectivity index (χ1n) is 15.2. The summed E-state index contributed by atoms with van der Waals surface area (Å²) in [5.41, 5.74) is 11.4. The van der Waals surface area contributed by atoms with Gasteiger partial charge in [0.05, 0.1) is 22.4 Å². The second-order valence-corrected chi connectivity index (χ2v) is 11.1. The molecule has 0 aliphatic heterocycles. The molecule has 5 aromatic carbocycles. The Morgan fingerprint density at radius 2 is 1.19 bits per heavy atom. The Bertz CT molecular complexity index is 2040. The van der Waals surface area contributed by atoms with Crippen molar-refractivity contribution in [3.63, 3.8) is 0 Å². The van der Waals surface area contributed by atoms with Gasteiger partial charge in [0.15, 0.2) is 0 Å². The largest absolute Gasteiger partial charge is 0.278 e. The molecule has 0 saturated heterocycles. The zero-order chi connectivity index (χ0) is 29.6. The number of hydrogen-bond acceptors (Lipinski definition) is 2. The lowest BCUT2D eigenvalue weighted by Crippen LogP contribution is -2.17. The third kappa shape index (κ3) is 3.88. The minimum Gasteiger partial charge on any atom is -0.278 e. The number of para-hydroxylation sites is 1. The maximum absolute atomic E-state index is 6.21. The van der Waals surface area contributed by atoms with Gasteiger partial charge in [-0.05, 0) is 34.4 Å². The van der Waals surface area contributed by atoms with Gasteiger partial charge in [0.1, 0.15) is 0 Å². The predicted molar refractivity (Wildman–Crippen MR) is 176 cm³/mol. The summed E-state index contributed by atoms with van der Waals surface area (Å²) in [4.78, 5) is 10.5. The van der Waals surface area contributed by atoms with Crippen LogP contribution in [-0.2, 0) is 5.41 Å². The van der Waals surface area contributed by atoms with E-state index in [9.17, 15) is 0 Å². The van der Waals surface area contributed by atoms with E-state index in [1.165, 1.54) is 38.5 Å². The van der Waals surface area contributed by atoms with Crippen molar-refractivity contribution >= 4 is 21.8 Å². The molecule has 0 atom stereocenters. The molecule has 3 heteroatoms. The van der Waals surface area contributed by atoms with E-state index >= 15 is 0 Å². The van der Waals surface area contributed by atoms with E-state index in [0.717, 1.165) is 28.0 Å². The summed E-state index contributed by atoms with van der Waals surface area (Å²) in [6.07, 6.45) is 0. The molecule has 0 amide bonds. The van der Waals surface area contributed by atoms with Gasteiger partial charge in [-0.1, -0.05) is 143 Å². The Hall–Kier alpha value is -5.02. The Morgan fingerprint density at radius 3 is 1.86 bits per heavy atom. The number of benzene rings is 5. The molecule has 204 valence electrons. The third-order valence-corrected chi connectivity index (χ3v) is 8.41. The molecule has 3 nitrogen and oxygen atoms in total. The van der Waals surface area contributed by atoms with Gasteiger partial charge in [-0.3, -0.25) is 4.57 Å². The van der Waals surface area contributed by atoms with Gasteiger partial charge < -0.3 is 0 Å². The predicted octanol–water partition coefficient (Wildman–Crippen LogP) is 10.2. The monoisotopic (exact) mass is 545 g/mol. The molecular formula is C39H33N3. The van der Waals surface area contributed by atoms with Crippen LogP contribution in [0.15, 0.2) is 127 Å². The van der Waals surface area contributed by atoms with E-state index in [2.05, 4.69) is 134 Å². The molecule has 1 aliphatic rings. The quantitative estimate of drug-likeness (QED) is 0.221. The van der Waals surface area contributed by atoms with Crippen LogP contribution < -0.4 is 0 Å². The maximum Gasteiger partial charge on any atom is 0.235 e. The SMILES string of the molecule is CC1(C)c2ccccc2-c2ccc3c4ccccc4n(-c4nc(-c5ccccc5)cc(-c5ccccc5)n4)c3c21.[3H]CC. The fraction of sp³-hybridized carbons (Fsp3) is 0.128. The summed E-state index contributed by atoms with van der Waals surface area (Å²) in [6, 6.07) is 44.9. The van der Waals surface area contributed by atoms with Gasteiger partial charge in [-0.2, -0.15) is 0 Å². The summed E-state index contributed by atoms with van der Waals surface area (Å²) in [6.45, 7) is 6.98. The van der Waals surface area contributed by atoms with Crippen LogP contribution in [0.4, 0.5) is 0 Å². The van der Waals surface area contributed by atoms with Gasteiger partial charge in [0, 0.05) is 28.7 Å². The molecule has 1 aliphatic carbocycles. The normalized spacial score (nSPS) is 13.3. The minimum atomic E-state index is -0.170.